The van der Waals surface area contributed by atoms with Crippen LogP contribution in [0.2, 0.25) is 0 Å². The zero-order valence-corrected chi connectivity index (χ0v) is 59.0. The van der Waals surface area contributed by atoms with E-state index in [1.54, 1.807) is 47.3 Å². The fourth-order valence-electron chi connectivity index (χ4n) is 12.7. The number of carbonyl (C=O) groups excluding carboxylic acids is 9. The van der Waals surface area contributed by atoms with Gasteiger partial charge in [0, 0.05) is 133 Å². The van der Waals surface area contributed by atoms with Gasteiger partial charge in [0.25, 0.3) is 11.8 Å². The van der Waals surface area contributed by atoms with Crippen LogP contribution in [0.1, 0.15) is 160 Å². The second-order valence-corrected chi connectivity index (χ2v) is 27.5. The molecule has 2 saturated heterocycles. The van der Waals surface area contributed by atoms with Crippen LogP contribution in [0.5, 0.6) is 5.75 Å². The van der Waals surface area contributed by atoms with Gasteiger partial charge in [-0.1, -0.05) is 47.1 Å². The van der Waals surface area contributed by atoms with Crippen molar-refractivity contribution in [2.75, 3.05) is 65.1 Å². The Kier molecular flexibility index (Phi) is 27.5. The van der Waals surface area contributed by atoms with Gasteiger partial charge in [-0.25, -0.2) is 18.8 Å². The molecule has 2 unspecified atom stereocenters. The molecule has 8 amide bonds. The zero-order chi connectivity index (χ0) is 73.5. The first-order valence-electron chi connectivity index (χ1n) is 34.7. The number of aryl methyl sites for hydroxylation is 1. The number of thioether (sulfide) groups is 1. The number of benzene rings is 4. The number of aromatic carboxylic acids is 1. The van der Waals surface area contributed by atoms with Crippen molar-refractivity contribution in [2.24, 2.45) is 16.8 Å². The first-order valence-corrected chi connectivity index (χ1v) is 35.7. The highest BCUT2D eigenvalue weighted by molar-refractivity contribution is 8.00. The summed E-state index contributed by atoms with van der Waals surface area (Å²) < 4.78 is 15.3. The molecular weight excluding hydrogens is 1340 g/mol. The topological polar surface area (TPSA) is 405 Å². The predicted octanol–water partition coefficient (Wildman–Crippen LogP) is 7.00. The minimum absolute atomic E-state index is 0.00820. The Morgan fingerprint density at radius 1 is 0.786 bits per heavy atom. The van der Waals surface area contributed by atoms with Crippen molar-refractivity contribution in [3.05, 3.63) is 165 Å². The normalized spacial score (nSPS) is 17.4. The highest BCUT2D eigenvalue weighted by Crippen LogP contribution is 2.49. The summed E-state index contributed by atoms with van der Waals surface area (Å²) in [5.74, 6) is -3.63. The Bertz CT molecular complexity index is 4090. The maximum atomic E-state index is 14.0. The number of hydrogen-bond donors (Lipinski definition) is 9. The minimum atomic E-state index is -1.21. The summed E-state index contributed by atoms with van der Waals surface area (Å²) in [4.78, 5) is 134. The van der Waals surface area contributed by atoms with E-state index < -0.39 is 53.6 Å². The van der Waals surface area contributed by atoms with Gasteiger partial charge in [0.2, 0.25) is 29.3 Å². The lowest BCUT2D eigenvalue weighted by Crippen LogP contribution is -2.53. The summed E-state index contributed by atoms with van der Waals surface area (Å²) >= 11 is 1.82. The summed E-state index contributed by atoms with van der Waals surface area (Å²) in [6.45, 7) is 0.284. The van der Waals surface area contributed by atoms with Gasteiger partial charge in [0.05, 0.1) is 35.2 Å². The smallest absolute Gasteiger partial charge is 0.336 e. The van der Waals surface area contributed by atoms with E-state index in [-0.39, 0.29) is 111 Å². The van der Waals surface area contributed by atoms with Crippen molar-refractivity contribution in [1.82, 2.24) is 52.2 Å². The third-order valence-electron chi connectivity index (χ3n) is 18.3. The monoisotopic (exact) mass is 1430 g/mol. The Morgan fingerprint density at radius 2 is 1.46 bits per heavy atom. The molecule has 1 aromatic heterocycles. The molecule has 7 atom stereocenters. The fraction of sp³-hybridized carbons (Fsp3) is 0.438. The van der Waals surface area contributed by atoms with Gasteiger partial charge >= 0.3 is 18.0 Å². The van der Waals surface area contributed by atoms with E-state index in [0.717, 1.165) is 35.6 Å². The molecule has 103 heavy (non-hydrogen) atoms. The highest BCUT2D eigenvalue weighted by Gasteiger charge is 2.43. The molecule has 0 bridgehead atoms. The van der Waals surface area contributed by atoms with Crippen LogP contribution in [0.25, 0.3) is 16.1 Å². The third kappa shape index (κ3) is 21.6. The Labute approximate surface area is 600 Å². The number of ether oxygens (including phenoxy) is 2. The number of anilines is 1. The maximum absolute atomic E-state index is 14.0. The number of nitrogens with zero attached hydrogens (tertiary/aromatic N) is 8. The number of hydrogen-bond acceptors (Lipinski definition) is 17. The first kappa shape index (κ1) is 76.3. The summed E-state index contributed by atoms with van der Waals surface area (Å²) in [5, 5.41) is 42.9. The van der Waals surface area contributed by atoms with Gasteiger partial charge in [0.15, 0.2) is 12.4 Å². The number of allylic oxidation sites excluding steroid dienone is 3. The number of nitrogens with two attached hydrogens (primary N) is 1. The van der Waals surface area contributed by atoms with E-state index in [9.17, 15) is 53.1 Å². The molecule has 4 aliphatic rings. The van der Waals surface area contributed by atoms with Crippen LogP contribution in [0, 0.1) is 5.92 Å². The number of nitrogens with one attached hydrogen (secondary N) is 7. The fourth-order valence-corrected chi connectivity index (χ4v) is 14.2. The number of carbonyl (C=O) groups is 10. The van der Waals surface area contributed by atoms with E-state index in [4.69, 9.17) is 20.7 Å². The quantitative estimate of drug-likeness (QED) is 0.00281. The third-order valence-corrected chi connectivity index (χ3v) is 19.9. The average molecular weight is 1430 g/mol. The molecule has 10 N–H and O–H groups in total. The van der Waals surface area contributed by atoms with Gasteiger partial charge in [-0.15, -0.1) is 5.10 Å². The van der Waals surface area contributed by atoms with Crippen molar-refractivity contribution in [3.63, 3.8) is 0 Å². The lowest BCUT2D eigenvalue weighted by molar-refractivity contribution is -0.462. The Balaban J connectivity index is 0.716. The Morgan fingerprint density at radius 3 is 2.17 bits per heavy atom. The maximum Gasteiger partial charge on any atom is 0.336 e. The number of rotatable bonds is 38. The number of esters is 1. The highest BCUT2D eigenvalue weighted by atomic mass is 32.2. The number of ketones is 1. The number of Topliss-reactive ketones (excluding diaryl/α,β-unsaturated/α-hetero) is 1. The van der Waals surface area contributed by atoms with E-state index >= 15 is 0 Å². The van der Waals surface area contributed by atoms with Gasteiger partial charge in [0.1, 0.15) is 37.7 Å². The van der Waals surface area contributed by atoms with E-state index in [0.29, 0.717) is 108 Å². The van der Waals surface area contributed by atoms with Crippen LogP contribution in [0.15, 0.2) is 120 Å². The molecule has 5 aromatic rings. The van der Waals surface area contributed by atoms with Crippen molar-refractivity contribution in [3.8, 4) is 11.4 Å². The molecule has 0 saturated carbocycles. The minimum Gasteiger partial charge on any atom is -0.478 e. The van der Waals surface area contributed by atoms with Gasteiger partial charge < -0.3 is 62.4 Å². The van der Waals surface area contributed by atoms with Crippen molar-refractivity contribution in [2.45, 2.75) is 138 Å². The number of carboxylic acids is 1. The number of aromatic nitrogens is 3. The van der Waals surface area contributed by atoms with Crippen LogP contribution in [-0.2, 0) is 35.1 Å². The molecule has 0 spiro atoms. The molecule has 1 aliphatic carbocycles. The van der Waals surface area contributed by atoms with E-state index in [2.05, 4.69) is 57.6 Å². The molecule has 9 rings (SSSR count). The van der Waals surface area contributed by atoms with Gasteiger partial charge in [-0.2, -0.15) is 11.8 Å². The number of primary amides is 1. The average Bonchev–Trinajstić information content (AvgIpc) is 1.57. The van der Waals surface area contributed by atoms with Crippen LogP contribution in [0.3, 0.4) is 0 Å². The van der Waals surface area contributed by atoms with Crippen LogP contribution in [-0.4, -0.2) is 179 Å². The lowest BCUT2D eigenvalue weighted by atomic mass is 9.74. The molecular formula is C73H89N16O13S+. The molecule has 0 radical (unpaired) electrons. The predicted molar refractivity (Wildman–Crippen MR) is 386 cm³/mol. The molecule has 30 heteroatoms. The summed E-state index contributed by atoms with van der Waals surface area (Å²) in [6.07, 6.45) is 13.8. The van der Waals surface area contributed by atoms with Crippen molar-refractivity contribution in [1.29, 1.82) is 0 Å². The van der Waals surface area contributed by atoms with E-state index in [1.165, 1.54) is 30.3 Å². The standard InChI is InChI=1S/C73H88N16O13S/c1-87(2)50-30-33-53-60(39-50)102-61-40-51(88(3)4)31-34-54(61)66(53)52-32-25-46(38-55(52)72(98)99)70(96)78-37-11-8-16-57(71(97)80-56(68(74)94)15-7-10-36-77-69(95)45-21-26-47(27-22-45)83-85-75)79-64(92)18-9-12-35-76-63(91)19-13-14-48-41-89(86-84-48)49-28-23-44(24-29-49)59(90)42-101-65(93)20-6-5-17-62-67-58(43-103-62)81-73(100)82-67/h21-34,38-41,53,56-58,62,66-67H,5-20,35-37,42-43H2,1-4H3,(H9-,74,76,77,78,79,80,81,82,91,92,94,95,96,97,98,99,100)/p+1/t53?,56-,57-,58-,62-,66?,67-/m0/s1. The summed E-state index contributed by atoms with van der Waals surface area (Å²) in [6, 6.07) is 21.1. The van der Waals surface area contributed by atoms with Crippen molar-refractivity contribution >= 4 is 88.0 Å². The van der Waals surface area contributed by atoms with Gasteiger partial charge in [-0.05, 0) is 143 Å². The number of fused-ring (bicyclic) bond motifs is 3. The van der Waals surface area contributed by atoms with Gasteiger partial charge in [-0.3, -0.25) is 38.4 Å². The number of amides is 8. The lowest BCUT2D eigenvalue weighted by Gasteiger charge is -2.36. The number of azide groups is 1. The molecule has 4 heterocycles. The molecule has 3 aliphatic heterocycles. The molecule has 544 valence electrons. The summed E-state index contributed by atoms with van der Waals surface area (Å²) in [5.41, 5.74) is 20.0. The molecule has 4 aromatic carbocycles. The van der Waals surface area contributed by atoms with E-state index in [1.807, 2.05) is 85.9 Å². The Hall–Kier alpha value is -10.9. The second-order valence-electron chi connectivity index (χ2n) is 26.2. The largest absolute Gasteiger partial charge is 0.478 e. The number of urea groups is 1. The second kappa shape index (κ2) is 37.2. The van der Waals surface area contributed by atoms with Crippen LogP contribution in [0.4, 0.5) is 16.2 Å². The molecule has 2 fully saturated rings. The SMILES string of the molecule is CN(C)c1ccc2c(c1)OC1=CC(=[N+](C)C)C=CC1C2c1ccc(C(=O)NCCCC[C@H](NC(=O)CCCCNC(=O)CCCc2cn(-c3ccc(C(=O)COC(=O)CCCC[C@@H]4SC[C@@H]5NC(=O)N[C@@H]54)cc3)nn2)C(=O)N[C@@H](CCCCNC(=O)c2ccc(N=[N+]=[N-])cc2)C(N)=O)cc1C(=O)O. The molecule has 29 nitrogen and oxygen atoms in total. The zero-order valence-electron chi connectivity index (χ0n) is 58.2. The number of carboxylic acid groups (broad SMARTS) is 1. The van der Waals surface area contributed by atoms with Crippen LogP contribution >= 0.6 is 11.8 Å². The summed E-state index contributed by atoms with van der Waals surface area (Å²) in [7, 11) is 7.70. The van der Waals surface area contributed by atoms with Crippen LogP contribution < -0.4 is 52.6 Å². The number of unbranched alkanes of at least 4 members (excludes halogenated alkanes) is 4. The van der Waals surface area contributed by atoms with Crippen molar-refractivity contribution < 1.29 is 67.1 Å². The first-order chi connectivity index (χ1) is 49.6.